The standard InChI is InChI=1S/C20H19N3O3S/c1-26-15-7-5-13(6-8-15)11-22-19(25)12-27-20-14(10-21)9-16-17(23-20)3-2-4-18(16)24/h5-9H,2-4,11-12H2,1H3,(H,22,25). The van der Waals surface area contributed by atoms with Crippen molar-refractivity contribution in [2.45, 2.75) is 30.8 Å². The van der Waals surface area contributed by atoms with Gasteiger partial charge in [0.25, 0.3) is 0 Å². The summed E-state index contributed by atoms with van der Waals surface area (Å²) in [7, 11) is 1.61. The fourth-order valence-corrected chi connectivity index (χ4v) is 3.64. The molecule has 2 aromatic rings. The SMILES string of the molecule is COc1ccc(CNC(=O)CSc2nc3c(cc2C#N)C(=O)CCC3)cc1. The molecule has 7 heteroatoms. The van der Waals surface area contributed by atoms with Crippen LogP contribution in [0, 0.1) is 11.3 Å². The van der Waals surface area contributed by atoms with E-state index in [0.29, 0.717) is 29.1 Å². The molecule has 0 atom stereocenters. The molecule has 1 aromatic heterocycles. The highest BCUT2D eigenvalue weighted by molar-refractivity contribution is 8.00. The van der Waals surface area contributed by atoms with Crippen molar-refractivity contribution in [2.75, 3.05) is 12.9 Å². The number of nitrogens with one attached hydrogen (secondary N) is 1. The van der Waals surface area contributed by atoms with Crippen LogP contribution in [0.5, 0.6) is 5.75 Å². The zero-order valence-electron chi connectivity index (χ0n) is 14.9. The van der Waals surface area contributed by atoms with E-state index in [1.165, 1.54) is 11.8 Å². The van der Waals surface area contributed by atoms with E-state index < -0.39 is 0 Å². The molecule has 0 fully saturated rings. The quantitative estimate of drug-likeness (QED) is 0.774. The number of fused-ring (bicyclic) bond motifs is 1. The average Bonchev–Trinajstić information content (AvgIpc) is 2.70. The first-order valence-corrected chi connectivity index (χ1v) is 9.59. The molecular weight excluding hydrogens is 362 g/mol. The normalized spacial score (nSPS) is 12.8. The van der Waals surface area contributed by atoms with Gasteiger partial charge < -0.3 is 10.1 Å². The van der Waals surface area contributed by atoms with E-state index in [1.54, 1.807) is 13.2 Å². The third-order valence-corrected chi connectivity index (χ3v) is 5.28. The number of Topliss-reactive ketones (excluding diaryl/α,β-unsaturated/α-hetero) is 1. The maximum absolute atomic E-state index is 12.1. The third kappa shape index (κ3) is 4.66. The van der Waals surface area contributed by atoms with Crippen LogP contribution in [0.3, 0.4) is 0 Å². The average molecular weight is 381 g/mol. The van der Waals surface area contributed by atoms with Crippen molar-refractivity contribution in [3.05, 3.63) is 52.7 Å². The van der Waals surface area contributed by atoms with Crippen molar-refractivity contribution in [1.29, 1.82) is 5.26 Å². The number of methoxy groups -OCH3 is 1. The van der Waals surface area contributed by atoms with Gasteiger partial charge in [-0.15, -0.1) is 0 Å². The summed E-state index contributed by atoms with van der Waals surface area (Å²) in [5.74, 6) is 0.816. The van der Waals surface area contributed by atoms with Crippen LogP contribution in [-0.4, -0.2) is 29.5 Å². The van der Waals surface area contributed by atoms with Crippen molar-refractivity contribution in [3.63, 3.8) is 0 Å². The summed E-state index contributed by atoms with van der Waals surface area (Å²) in [5.41, 5.74) is 2.59. The number of carbonyl (C=O) groups excluding carboxylic acids is 2. The van der Waals surface area contributed by atoms with Gasteiger partial charge >= 0.3 is 0 Å². The van der Waals surface area contributed by atoms with Crippen molar-refractivity contribution in [2.24, 2.45) is 0 Å². The molecule has 0 saturated carbocycles. The van der Waals surface area contributed by atoms with E-state index >= 15 is 0 Å². The molecular formula is C20H19N3O3S. The Morgan fingerprint density at radius 2 is 2.11 bits per heavy atom. The molecule has 1 aromatic carbocycles. The van der Waals surface area contributed by atoms with Crippen molar-refractivity contribution < 1.29 is 14.3 Å². The fraction of sp³-hybridized carbons (Fsp3) is 0.300. The highest BCUT2D eigenvalue weighted by atomic mass is 32.2. The van der Waals surface area contributed by atoms with Gasteiger partial charge in [-0.05, 0) is 36.6 Å². The predicted octanol–water partition coefficient (Wildman–Crippen LogP) is 2.89. The van der Waals surface area contributed by atoms with E-state index in [4.69, 9.17) is 4.74 Å². The first-order valence-electron chi connectivity index (χ1n) is 8.60. The van der Waals surface area contributed by atoms with Gasteiger partial charge in [0, 0.05) is 18.5 Å². The van der Waals surface area contributed by atoms with Gasteiger partial charge in [-0.3, -0.25) is 9.59 Å². The molecule has 0 radical (unpaired) electrons. The second kappa shape index (κ2) is 8.69. The maximum atomic E-state index is 12.1. The van der Waals surface area contributed by atoms with Crippen LogP contribution in [0.2, 0.25) is 0 Å². The predicted molar refractivity (Wildman–Crippen MR) is 102 cm³/mol. The Morgan fingerprint density at radius 1 is 1.33 bits per heavy atom. The number of pyridine rings is 1. The van der Waals surface area contributed by atoms with Crippen LogP contribution in [0.25, 0.3) is 0 Å². The number of carbonyl (C=O) groups is 2. The number of hydrogen-bond acceptors (Lipinski definition) is 6. The molecule has 1 N–H and O–H groups in total. The molecule has 1 amide bonds. The summed E-state index contributed by atoms with van der Waals surface area (Å²) in [6, 6.07) is 11.2. The summed E-state index contributed by atoms with van der Waals surface area (Å²) in [5, 5.41) is 12.7. The zero-order chi connectivity index (χ0) is 19.2. The van der Waals surface area contributed by atoms with E-state index in [-0.39, 0.29) is 17.4 Å². The van der Waals surface area contributed by atoms with Gasteiger partial charge in [0.05, 0.1) is 24.1 Å². The van der Waals surface area contributed by atoms with Gasteiger partial charge in [0.15, 0.2) is 5.78 Å². The molecule has 27 heavy (non-hydrogen) atoms. The first-order chi connectivity index (χ1) is 13.1. The van der Waals surface area contributed by atoms with E-state index in [0.717, 1.165) is 29.8 Å². The molecule has 0 bridgehead atoms. The number of rotatable bonds is 6. The highest BCUT2D eigenvalue weighted by Gasteiger charge is 2.21. The van der Waals surface area contributed by atoms with Crippen molar-refractivity contribution >= 4 is 23.5 Å². The smallest absolute Gasteiger partial charge is 0.230 e. The van der Waals surface area contributed by atoms with Gasteiger partial charge in [0.1, 0.15) is 16.8 Å². The lowest BCUT2D eigenvalue weighted by molar-refractivity contribution is -0.118. The van der Waals surface area contributed by atoms with E-state index in [1.807, 2.05) is 24.3 Å². The number of nitrogens with zero attached hydrogens (tertiary/aromatic N) is 2. The Kier molecular flexibility index (Phi) is 6.09. The number of benzene rings is 1. The summed E-state index contributed by atoms with van der Waals surface area (Å²) < 4.78 is 5.11. The largest absolute Gasteiger partial charge is 0.497 e. The van der Waals surface area contributed by atoms with Crippen LogP contribution < -0.4 is 10.1 Å². The summed E-state index contributed by atoms with van der Waals surface area (Å²) >= 11 is 1.22. The zero-order valence-corrected chi connectivity index (χ0v) is 15.8. The summed E-state index contributed by atoms with van der Waals surface area (Å²) in [6.45, 7) is 0.417. The van der Waals surface area contributed by atoms with Crippen molar-refractivity contribution in [3.8, 4) is 11.8 Å². The fourth-order valence-electron chi connectivity index (χ4n) is 2.83. The molecule has 3 rings (SSSR count). The third-order valence-electron chi connectivity index (χ3n) is 4.29. The molecule has 1 aliphatic rings. The van der Waals surface area contributed by atoms with Crippen LogP contribution in [0.15, 0.2) is 35.4 Å². The van der Waals surface area contributed by atoms with Gasteiger partial charge in [-0.1, -0.05) is 23.9 Å². The number of thioether (sulfide) groups is 1. The lowest BCUT2D eigenvalue weighted by atomic mass is 9.94. The molecule has 0 aliphatic heterocycles. The Bertz CT molecular complexity index is 904. The van der Waals surface area contributed by atoms with Crippen LogP contribution in [0.1, 0.15) is 40.0 Å². The molecule has 1 heterocycles. The van der Waals surface area contributed by atoms with Crippen molar-refractivity contribution in [1.82, 2.24) is 10.3 Å². The second-order valence-corrected chi connectivity index (χ2v) is 7.10. The maximum Gasteiger partial charge on any atom is 0.230 e. The molecule has 0 spiro atoms. The monoisotopic (exact) mass is 381 g/mol. The molecule has 0 saturated heterocycles. The van der Waals surface area contributed by atoms with E-state index in [2.05, 4.69) is 16.4 Å². The van der Waals surface area contributed by atoms with Gasteiger partial charge in [-0.2, -0.15) is 5.26 Å². The molecule has 6 nitrogen and oxygen atoms in total. The summed E-state index contributed by atoms with van der Waals surface area (Å²) in [6.07, 6.45) is 2.00. The number of aryl methyl sites for hydroxylation is 1. The summed E-state index contributed by atoms with van der Waals surface area (Å²) in [4.78, 5) is 28.6. The molecule has 138 valence electrons. The highest BCUT2D eigenvalue weighted by Crippen LogP contribution is 2.27. The first kappa shape index (κ1) is 18.9. The minimum Gasteiger partial charge on any atom is -0.497 e. The molecule has 0 unspecified atom stereocenters. The van der Waals surface area contributed by atoms with Gasteiger partial charge in [0.2, 0.25) is 5.91 Å². The number of hydrogen-bond donors (Lipinski definition) is 1. The minimum absolute atomic E-state index is 0.0361. The minimum atomic E-state index is -0.143. The van der Waals surface area contributed by atoms with E-state index in [9.17, 15) is 14.9 Å². The lowest BCUT2D eigenvalue weighted by Crippen LogP contribution is -2.24. The Labute approximate surface area is 161 Å². The number of amides is 1. The van der Waals surface area contributed by atoms with Crippen LogP contribution in [-0.2, 0) is 17.8 Å². The lowest BCUT2D eigenvalue weighted by Gasteiger charge is -2.15. The Morgan fingerprint density at radius 3 is 2.81 bits per heavy atom. The number of ketones is 1. The molecule has 1 aliphatic carbocycles. The Balaban J connectivity index is 1.59. The Hall–Kier alpha value is -2.85. The van der Waals surface area contributed by atoms with Gasteiger partial charge in [-0.25, -0.2) is 4.98 Å². The van der Waals surface area contributed by atoms with Crippen LogP contribution >= 0.6 is 11.8 Å². The number of nitriles is 1. The second-order valence-electron chi connectivity index (χ2n) is 6.14. The van der Waals surface area contributed by atoms with Crippen LogP contribution in [0.4, 0.5) is 0 Å². The number of ether oxygens (including phenoxy) is 1. The topological polar surface area (TPSA) is 92.1 Å². The number of aromatic nitrogens is 1.